The van der Waals surface area contributed by atoms with Crippen molar-refractivity contribution < 1.29 is 4.79 Å². The highest BCUT2D eigenvalue weighted by atomic mass is 16.1. The van der Waals surface area contributed by atoms with Crippen LogP contribution in [0.1, 0.15) is 6.92 Å². The quantitative estimate of drug-likeness (QED) is 0.338. The van der Waals surface area contributed by atoms with Crippen molar-refractivity contribution in [3.8, 4) is 0 Å². The van der Waals surface area contributed by atoms with E-state index in [9.17, 15) is 4.79 Å². The molecule has 0 aliphatic rings. The van der Waals surface area contributed by atoms with E-state index in [4.69, 9.17) is 11.5 Å². The smallest absolute Gasteiger partial charge is 0.251 e. The number of amides is 1. The number of hydrogen-bond acceptors (Lipinski definition) is 3. The summed E-state index contributed by atoms with van der Waals surface area (Å²) in [6.45, 7) is 1.34. The number of hydrogen-bond donors (Lipinski definition) is 3. The topological polar surface area (TPSA) is 95.1 Å². The van der Waals surface area contributed by atoms with Crippen LogP contribution in [0.15, 0.2) is 0 Å². The van der Waals surface area contributed by atoms with Crippen LogP contribution in [0.2, 0.25) is 0 Å². The molecule has 1 amide bonds. The SMILES string of the molecule is CC(N)(N)C(N)=O. The van der Waals surface area contributed by atoms with E-state index in [0.717, 1.165) is 0 Å². The van der Waals surface area contributed by atoms with Crippen molar-refractivity contribution in [2.24, 2.45) is 17.2 Å². The molecule has 0 unspecified atom stereocenters. The van der Waals surface area contributed by atoms with Crippen molar-refractivity contribution in [2.45, 2.75) is 12.6 Å². The van der Waals surface area contributed by atoms with E-state index in [1.165, 1.54) is 6.92 Å². The van der Waals surface area contributed by atoms with Crippen LogP contribution < -0.4 is 17.2 Å². The lowest BCUT2D eigenvalue weighted by atomic mass is 10.2. The van der Waals surface area contributed by atoms with Crippen LogP contribution in [0.4, 0.5) is 0 Å². The molecule has 0 atom stereocenters. The van der Waals surface area contributed by atoms with Crippen LogP contribution in [0, 0.1) is 0 Å². The molecule has 0 aromatic heterocycles. The van der Waals surface area contributed by atoms with Crippen LogP contribution in [0.25, 0.3) is 0 Å². The summed E-state index contributed by atoms with van der Waals surface area (Å²) in [6, 6.07) is 0. The average Bonchev–Trinajstić information content (AvgIpc) is 1.31. The second-order valence-corrected chi connectivity index (χ2v) is 1.65. The minimum absolute atomic E-state index is 0.701. The molecule has 0 spiro atoms. The monoisotopic (exact) mass is 103 g/mol. The molecule has 6 N–H and O–H groups in total. The fraction of sp³-hybridized carbons (Fsp3) is 0.667. The van der Waals surface area contributed by atoms with Gasteiger partial charge in [-0.3, -0.25) is 4.79 Å². The van der Waals surface area contributed by atoms with E-state index in [-0.39, 0.29) is 0 Å². The molecular weight excluding hydrogens is 94.1 g/mol. The zero-order valence-electron chi connectivity index (χ0n) is 4.14. The van der Waals surface area contributed by atoms with Gasteiger partial charge >= 0.3 is 0 Å². The van der Waals surface area contributed by atoms with Gasteiger partial charge in [0.25, 0.3) is 5.91 Å². The summed E-state index contributed by atoms with van der Waals surface area (Å²) >= 11 is 0. The van der Waals surface area contributed by atoms with Crippen LogP contribution in [0.3, 0.4) is 0 Å². The summed E-state index contributed by atoms with van der Waals surface area (Å²) in [5.41, 5.74) is 13.3. The molecule has 0 saturated heterocycles. The largest absolute Gasteiger partial charge is 0.367 e. The fourth-order valence-corrected chi connectivity index (χ4v) is 0. The third-order valence-corrected chi connectivity index (χ3v) is 0.531. The van der Waals surface area contributed by atoms with Crippen molar-refractivity contribution in [2.75, 3.05) is 0 Å². The summed E-state index contributed by atoms with van der Waals surface area (Å²) in [4.78, 5) is 9.99. The first-order valence-electron chi connectivity index (χ1n) is 1.82. The molecule has 0 saturated carbocycles. The summed E-state index contributed by atoms with van der Waals surface area (Å²) in [7, 11) is 0. The van der Waals surface area contributed by atoms with Gasteiger partial charge in [-0.2, -0.15) is 0 Å². The lowest BCUT2D eigenvalue weighted by Crippen LogP contribution is -2.56. The molecule has 0 aromatic rings. The summed E-state index contributed by atoms with van der Waals surface area (Å²) in [5, 5.41) is 0. The van der Waals surface area contributed by atoms with E-state index in [1.54, 1.807) is 0 Å². The number of rotatable bonds is 1. The molecule has 0 heterocycles. The Bertz CT molecular complexity index is 82.7. The van der Waals surface area contributed by atoms with Gasteiger partial charge in [0.05, 0.1) is 0 Å². The van der Waals surface area contributed by atoms with Crippen molar-refractivity contribution in [1.82, 2.24) is 0 Å². The molecule has 0 aliphatic heterocycles. The van der Waals surface area contributed by atoms with E-state index in [2.05, 4.69) is 5.73 Å². The van der Waals surface area contributed by atoms with Gasteiger partial charge < -0.3 is 17.2 Å². The summed E-state index contributed by atoms with van der Waals surface area (Å²) in [6.07, 6.45) is 0. The van der Waals surface area contributed by atoms with Crippen LogP contribution in [0.5, 0.6) is 0 Å². The third kappa shape index (κ3) is 2.13. The van der Waals surface area contributed by atoms with Gasteiger partial charge in [0, 0.05) is 0 Å². The molecule has 0 rings (SSSR count). The van der Waals surface area contributed by atoms with E-state index >= 15 is 0 Å². The Kier molecular flexibility index (Phi) is 1.35. The predicted molar refractivity (Wildman–Crippen MR) is 26.0 cm³/mol. The molecule has 4 heteroatoms. The van der Waals surface area contributed by atoms with Gasteiger partial charge in [0.15, 0.2) is 0 Å². The Morgan fingerprint density at radius 3 is 1.71 bits per heavy atom. The summed E-state index contributed by atoms with van der Waals surface area (Å²) < 4.78 is 0. The minimum Gasteiger partial charge on any atom is -0.367 e. The first-order valence-corrected chi connectivity index (χ1v) is 1.82. The van der Waals surface area contributed by atoms with Crippen LogP contribution in [-0.4, -0.2) is 11.6 Å². The van der Waals surface area contributed by atoms with Crippen molar-refractivity contribution >= 4 is 5.91 Å². The maximum absolute atomic E-state index is 9.99. The summed E-state index contributed by atoms with van der Waals surface area (Å²) in [5.74, 6) is -0.701. The van der Waals surface area contributed by atoms with Gasteiger partial charge in [-0.05, 0) is 6.92 Å². The standard InChI is InChI=1S/C3H9N3O/c1-3(5,6)2(4)7/h5-6H2,1H3,(H2,4,7). The van der Waals surface area contributed by atoms with Crippen LogP contribution >= 0.6 is 0 Å². The average molecular weight is 103 g/mol. The highest BCUT2D eigenvalue weighted by Crippen LogP contribution is 1.80. The number of nitrogens with two attached hydrogens (primary N) is 3. The first kappa shape index (κ1) is 6.39. The molecule has 0 radical (unpaired) electrons. The van der Waals surface area contributed by atoms with Gasteiger partial charge in [-0.25, -0.2) is 0 Å². The van der Waals surface area contributed by atoms with Crippen molar-refractivity contribution in [1.29, 1.82) is 0 Å². The molecule has 4 nitrogen and oxygen atoms in total. The lowest BCUT2D eigenvalue weighted by Gasteiger charge is -2.11. The molecule has 42 valence electrons. The second kappa shape index (κ2) is 1.48. The maximum atomic E-state index is 9.99. The molecule has 0 bridgehead atoms. The fourth-order valence-electron chi connectivity index (χ4n) is 0. The van der Waals surface area contributed by atoms with E-state index in [0.29, 0.717) is 0 Å². The Balaban J connectivity index is 3.79. The number of carbonyl (C=O) groups is 1. The minimum atomic E-state index is -1.36. The Labute approximate surface area is 41.7 Å². The van der Waals surface area contributed by atoms with Gasteiger partial charge in [0.1, 0.15) is 5.66 Å². The number of carbonyl (C=O) groups excluding carboxylic acids is 1. The molecular formula is C3H9N3O. The van der Waals surface area contributed by atoms with E-state index < -0.39 is 11.6 Å². The van der Waals surface area contributed by atoms with E-state index in [1.807, 2.05) is 0 Å². The zero-order chi connectivity index (χ0) is 6.08. The Morgan fingerprint density at radius 1 is 1.57 bits per heavy atom. The Morgan fingerprint density at radius 2 is 1.71 bits per heavy atom. The molecule has 0 aliphatic carbocycles. The number of primary amides is 1. The van der Waals surface area contributed by atoms with Gasteiger partial charge in [0.2, 0.25) is 0 Å². The van der Waals surface area contributed by atoms with Gasteiger partial charge in [-0.1, -0.05) is 0 Å². The zero-order valence-corrected chi connectivity index (χ0v) is 4.14. The highest BCUT2D eigenvalue weighted by Gasteiger charge is 2.17. The van der Waals surface area contributed by atoms with Crippen molar-refractivity contribution in [3.63, 3.8) is 0 Å². The molecule has 0 aromatic carbocycles. The first-order chi connectivity index (χ1) is 2.94. The molecule has 0 fully saturated rings. The second-order valence-electron chi connectivity index (χ2n) is 1.65. The van der Waals surface area contributed by atoms with Gasteiger partial charge in [-0.15, -0.1) is 0 Å². The Hall–Kier alpha value is -0.610. The predicted octanol–water partition coefficient (Wildman–Crippen LogP) is -1.89. The maximum Gasteiger partial charge on any atom is 0.251 e. The molecule has 7 heavy (non-hydrogen) atoms. The lowest BCUT2D eigenvalue weighted by molar-refractivity contribution is -0.122. The van der Waals surface area contributed by atoms with Crippen LogP contribution in [-0.2, 0) is 4.79 Å². The normalized spacial score (nSPS) is 11.3. The third-order valence-electron chi connectivity index (χ3n) is 0.531. The van der Waals surface area contributed by atoms with Crippen molar-refractivity contribution in [3.05, 3.63) is 0 Å². The highest BCUT2D eigenvalue weighted by molar-refractivity contribution is 5.82.